The summed E-state index contributed by atoms with van der Waals surface area (Å²) in [5.74, 6) is -0.251. The molecule has 0 radical (unpaired) electrons. The maximum Gasteiger partial charge on any atom is 0.338 e. The van der Waals surface area contributed by atoms with Crippen molar-refractivity contribution in [1.29, 1.82) is 0 Å². The molecule has 3 aliphatic rings. The molecule has 1 spiro atoms. The summed E-state index contributed by atoms with van der Waals surface area (Å²) in [5.41, 5.74) is 3.77. The Morgan fingerprint density at radius 2 is 2.12 bits per heavy atom. The lowest BCUT2D eigenvalue weighted by atomic mass is 9.92. The van der Waals surface area contributed by atoms with Crippen LogP contribution in [-0.4, -0.2) is 47.7 Å². The van der Waals surface area contributed by atoms with Gasteiger partial charge in [0.25, 0.3) is 0 Å². The Bertz CT molecular complexity index is 658. The monoisotopic (exact) mass is 366 g/mol. The highest BCUT2D eigenvalue weighted by Gasteiger charge is 2.38. The van der Waals surface area contributed by atoms with Gasteiger partial charge in [0.05, 0.1) is 11.7 Å². The predicted octanol–water partition coefficient (Wildman–Crippen LogP) is 2.34. The van der Waals surface area contributed by atoms with Crippen molar-refractivity contribution in [2.75, 3.05) is 26.2 Å². The van der Waals surface area contributed by atoms with Gasteiger partial charge in [-0.2, -0.15) is 0 Å². The number of carbonyl (C=O) groups excluding carboxylic acids is 1. The van der Waals surface area contributed by atoms with E-state index in [9.17, 15) is 9.90 Å². The van der Waals surface area contributed by atoms with Crippen LogP contribution >= 0.6 is 12.4 Å². The van der Waals surface area contributed by atoms with Gasteiger partial charge in [0, 0.05) is 37.3 Å². The number of aliphatic hydroxyl groups excluding tert-OH is 1. The van der Waals surface area contributed by atoms with E-state index in [2.05, 4.69) is 10.2 Å². The number of fused-ring (bicyclic) bond motifs is 1. The summed E-state index contributed by atoms with van der Waals surface area (Å²) in [7, 11) is 0. The zero-order chi connectivity index (χ0) is 16.7. The van der Waals surface area contributed by atoms with Crippen LogP contribution in [-0.2, 0) is 11.3 Å². The third-order valence-electron chi connectivity index (χ3n) is 6.01. The molecule has 0 aromatic heterocycles. The van der Waals surface area contributed by atoms with Gasteiger partial charge < -0.3 is 15.2 Å². The Labute approximate surface area is 155 Å². The van der Waals surface area contributed by atoms with Gasteiger partial charge in [-0.05, 0) is 37.0 Å². The van der Waals surface area contributed by atoms with Crippen molar-refractivity contribution < 1.29 is 14.6 Å². The molecule has 5 nitrogen and oxygen atoms in total. The third-order valence-corrected chi connectivity index (χ3v) is 6.01. The van der Waals surface area contributed by atoms with Crippen molar-refractivity contribution in [3.05, 3.63) is 34.4 Å². The molecule has 1 saturated heterocycles. The number of hydrogen-bond donors (Lipinski definition) is 2. The van der Waals surface area contributed by atoms with E-state index >= 15 is 0 Å². The van der Waals surface area contributed by atoms with E-state index in [0.29, 0.717) is 18.7 Å². The second-order valence-electron chi connectivity index (χ2n) is 7.55. The van der Waals surface area contributed by atoms with Gasteiger partial charge in [0.15, 0.2) is 0 Å². The summed E-state index contributed by atoms with van der Waals surface area (Å²) in [5, 5.41) is 14.5. The Hall–Kier alpha value is -1.14. The molecule has 1 aliphatic carbocycles. The minimum Gasteiger partial charge on any atom is -0.457 e. The van der Waals surface area contributed by atoms with E-state index in [1.807, 2.05) is 13.0 Å². The summed E-state index contributed by atoms with van der Waals surface area (Å²) in [6.45, 7) is 5.96. The number of hydrogen-bond acceptors (Lipinski definition) is 5. The van der Waals surface area contributed by atoms with Crippen molar-refractivity contribution in [3.63, 3.8) is 0 Å². The Morgan fingerprint density at radius 1 is 1.36 bits per heavy atom. The van der Waals surface area contributed by atoms with Gasteiger partial charge in [0.1, 0.15) is 6.61 Å². The van der Waals surface area contributed by atoms with Crippen LogP contribution in [0.3, 0.4) is 0 Å². The SMILES string of the molecule is Cc1c([C@@H](O)CN2CCNC3(CCCC3)C2)ccc2c1COC2=O.Cl. The molecule has 0 bridgehead atoms. The van der Waals surface area contributed by atoms with Gasteiger partial charge in [-0.25, -0.2) is 4.79 Å². The van der Waals surface area contributed by atoms with Crippen LogP contribution < -0.4 is 5.32 Å². The van der Waals surface area contributed by atoms with Crippen molar-refractivity contribution in [2.24, 2.45) is 0 Å². The molecule has 1 atom stereocenters. The lowest BCUT2D eigenvalue weighted by Crippen LogP contribution is -2.59. The number of β-amino-alcohol motifs (C(OH)–C–C–N with tert-alkyl or cyclic N) is 1. The second-order valence-corrected chi connectivity index (χ2v) is 7.55. The van der Waals surface area contributed by atoms with Crippen molar-refractivity contribution in [1.82, 2.24) is 10.2 Å². The molecule has 1 aromatic carbocycles. The van der Waals surface area contributed by atoms with Crippen LogP contribution in [0, 0.1) is 6.92 Å². The lowest BCUT2D eigenvalue weighted by molar-refractivity contribution is 0.0535. The van der Waals surface area contributed by atoms with E-state index in [4.69, 9.17) is 4.74 Å². The molecule has 4 rings (SSSR count). The van der Waals surface area contributed by atoms with Crippen LogP contribution in [0.1, 0.15) is 58.8 Å². The standard InChI is InChI=1S/C19H26N2O3.ClH/c1-13-14(4-5-15-16(13)11-24-18(15)23)17(22)10-21-9-8-20-19(12-21)6-2-3-7-19;/h4-5,17,20,22H,2-3,6-12H2,1H3;1H/t17-;/m0./s1. The number of nitrogens with zero attached hydrogens (tertiary/aromatic N) is 1. The normalized spacial score (nSPS) is 23.2. The van der Waals surface area contributed by atoms with Crippen LogP contribution in [0.4, 0.5) is 0 Å². The largest absolute Gasteiger partial charge is 0.457 e. The zero-order valence-corrected chi connectivity index (χ0v) is 15.5. The van der Waals surface area contributed by atoms with E-state index in [0.717, 1.165) is 36.3 Å². The average molecular weight is 367 g/mol. The first-order chi connectivity index (χ1) is 11.6. The fourth-order valence-corrected chi connectivity index (χ4v) is 4.66. The van der Waals surface area contributed by atoms with E-state index in [-0.39, 0.29) is 23.9 Å². The number of rotatable bonds is 3. The number of benzene rings is 1. The maximum atomic E-state index is 11.7. The van der Waals surface area contributed by atoms with Gasteiger partial charge in [-0.1, -0.05) is 18.9 Å². The number of carbonyl (C=O) groups is 1. The summed E-state index contributed by atoms with van der Waals surface area (Å²) >= 11 is 0. The Morgan fingerprint density at radius 3 is 2.88 bits per heavy atom. The molecular formula is C19H27ClN2O3. The molecule has 2 fully saturated rings. The Balaban J connectivity index is 0.00000182. The summed E-state index contributed by atoms with van der Waals surface area (Å²) in [6.07, 6.45) is 4.58. The molecule has 2 N–H and O–H groups in total. The minimum atomic E-state index is -0.525. The molecule has 1 saturated carbocycles. The number of esters is 1. The van der Waals surface area contributed by atoms with E-state index < -0.39 is 6.10 Å². The average Bonchev–Trinajstić information content (AvgIpc) is 3.16. The van der Waals surface area contributed by atoms with Crippen LogP contribution in [0.2, 0.25) is 0 Å². The number of cyclic esters (lactones) is 1. The highest BCUT2D eigenvalue weighted by molar-refractivity contribution is 5.93. The van der Waals surface area contributed by atoms with Gasteiger partial charge in [-0.3, -0.25) is 4.90 Å². The fourth-order valence-electron chi connectivity index (χ4n) is 4.66. The third kappa shape index (κ3) is 3.43. The topological polar surface area (TPSA) is 61.8 Å². The fraction of sp³-hybridized carbons (Fsp3) is 0.632. The van der Waals surface area contributed by atoms with Crippen molar-refractivity contribution in [3.8, 4) is 0 Å². The van der Waals surface area contributed by atoms with Crippen LogP contribution in [0.5, 0.6) is 0 Å². The summed E-state index contributed by atoms with van der Waals surface area (Å²) in [4.78, 5) is 14.0. The number of ether oxygens (including phenoxy) is 1. The molecule has 138 valence electrons. The van der Waals surface area contributed by atoms with E-state index in [1.54, 1.807) is 6.07 Å². The number of piperazine rings is 1. The summed E-state index contributed by atoms with van der Waals surface area (Å²) in [6, 6.07) is 3.69. The van der Waals surface area contributed by atoms with Gasteiger partial charge in [0.2, 0.25) is 0 Å². The number of nitrogens with one attached hydrogen (secondary N) is 1. The molecular weight excluding hydrogens is 340 g/mol. The predicted molar refractivity (Wildman–Crippen MR) is 98.1 cm³/mol. The lowest BCUT2D eigenvalue weighted by Gasteiger charge is -2.42. The molecule has 2 heterocycles. The second kappa shape index (κ2) is 7.23. The highest BCUT2D eigenvalue weighted by Crippen LogP contribution is 2.33. The Kier molecular flexibility index (Phi) is 5.40. The first-order valence-corrected chi connectivity index (χ1v) is 9.03. The minimum absolute atomic E-state index is 0. The quantitative estimate of drug-likeness (QED) is 0.804. The number of aliphatic hydroxyl groups is 1. The van der Waals surface area contributed by atoms with Crippen LogP contribution in [0.25, 0.3) is 0 Å². The van der Waals surface area contributed by atoms with Gasteiger partial charge >= 0.3 is 5.97 Å². The summed E-state index contributed by atoms with van der Waals surface area (Å²) < 4.78 is 5.11. The molecule has 25 heavy (non-hydrogen) atoms. The maximum absolute atomic E-state index is 11.7. The zero-order valence-electron chi connectivity index (χ0n) is 14.7. The van der Waals surface area contributed by atoms with Gasteiger partial charge in [-0.15, -0.1) is 12.4 Å². The van der Waals surface area contributed by atoms with Crippen LogP contribution in [0.15, 0.2) is 12.1 Å². The van der Waals surface area contributed by atoms with Crippen molar-refractivity contribution in [2.45, 2.75) is 50.9 Å². The smallest absolute Gasteiger partial charge is 0.338 e. The van der Waals surface area contributed by atoms with Crippen molar-refractivity contribution >= 4 is 18.4 Å². The molecule has 2 aliphatic heterocycles. The number of halogens is 1. The molecule has 6 heteroatoms. The molecule has 0 amide bonds. The highest BCUT2D eigenvalue weighted by atomic mass is 35.5. The molecule has 0 unspecified atom stereocenters. The van der Waals surface area contributed by atoms with E-state index in [1.165, 1.54) is 25.7 Å². The first kappa shape index (κ1) is 18.6. The molecule has 1 aromatic rings. The first-order valence-electron chi connectivity index (χ1n) is 9.03.